The predicted octanol–water partition coefficient (Wildman–Crippen LogP) is 4.32. The minimum Gasteiger partial charge on any atom is -0.473 e. The average Bonchev–Trinajstić information content (AvgIpc) is 2.72. The van der Waals surface area contributed by atoms with Gasteiger partial charge in [0.1, 0.15) is 5.60 Å². The largest absolute Gasteiger partial charge is 0.473 e. The zero-order valence-corrected chi connectivity index (χ0v) is 19.5. The van der Waals surface area contributed by atoms with Gasteiger partial charge >= 0.3 is 18.0 Å². The van der Waals surface area contributed by atoms with E-state index in [2.05, 4.69) is 27.7 Å². The molecular weight excluding hydrogens is 450 g/mol. The zero-order valence-electron chi connectivity index (χ0n) is 18.7. The Morgan fingerprint density at radius 2 is 1.73 bits per heavy atom. The van der Waals surface area contributed by atoms with Crippen LogP contribution in [0, 0.1) is 0 Å². The highest BCUT2D eigenvalue weighted by Crippen LogP contribution is 2.32. The van der Waals surface area contributed by atoms with Crippen LogP contribution in [0.2, 0.25) is 5.02 Å². The molecule has 0 spiro atoms. The Kier molecular flexibility index (Phi) is 8.93. The highest BCUT2D eigenvalue weighted by atomic mass is 35.5. The number of carbonyl (C=O) groups excluding carboxylic acids is 1. The van der Waals surface area contributed by atoms with Gasteiger partial charge < -0.3 is 25.2 Å². The molecule has 1 amide bonds. The molecule has 0 unspecified atom stereocenters. The summed E-state index contributed by atoms with van der Waals surface area (Å²) in [5.41, 5.74) is 3.63. The van der Waals surface area contributed by atoms with Gasteiger partial charge in [-0.05, 0) is 63.1 Å². The molecular formula is C23H28ClN3O6. The molecule has 9 nitrogen and oxygen atoms in total. The van der Waals surface area contributed by atoms with E-state index in [0.29, 0.717) is 0 Å². The van der Waals surface area contributed by atoms with E-state index in [-0.39, 0.29) is 0 Å². The fourth-order valence-corrected chi connectivity index (χ4v) is 3.17. The van der Waals surface area contributed by atoms with Crippen molar-refractivity contribution in [3.63, 3.8) is 0 Å². The number of rotatable bonds is 4. The monoisotopic (exact) mass is 477 g/mol. The fourth-order valence-electron chi connectivity index (χ4n) is 3.05. The van der Waals surface area contributed by atoms with E-state index >= 15 is 0 Å². The van der Waals surface area contributed by atoms with E-state index in [1.54, 1.807) is 0 Å². The summed E-state index contributed by atoms with van der Waals surface area (Å²) >= 11 is 5.96. The van der Waals surface area contributed by atoms with E-state index in [1.165, 1.54) is 5.56 Å². The lowest BCUT2D eigenvalue weighted by Crippen LogP contribution is -2.35. The van der Waals surface area contributed by atoms with Crippen molar-refractivity contribution in [2.45, 2.75) is 32.8 Å². The molecule has 1 aliphatic heterocycles. The van der Waals surface area contributed by atoms with Gasteiger partial charge in [-0.25, -0.2) is 14.4 Å². The number of aliphatic carboxylic acids is 2. The van der Waals surface area contributed by atoms with Gasteiger partial charge in [-0.1, -0.05) is 23.7 Å². The highest BCUT2D eigenvalue weighted by molar-refractivity contribution is 6.30. The van der Waals surface area contributed by atoms with Gasteiger partial charge in [0, 0.05) is 30.3 Å². The van der Waals surface area contributed by atoms with Gasteiger partial charge in [-0.15, -0.1) is 0 Å². The van der Waals surface area contributed by atoms with Gasteiger partial charge in [0.15, 0.2) is 0 Å². The Morgan fingerprint density at radius 3 is 2.30 bits per heavy atom. The molecule has 178 valence electrons. The van der Waals surface area contributed by atoms with Crippen LogP contribution in [0.4, 0.5) is 21.9 Å². The van der Waals surface area contributed by atoms with Crippen molar-refractivity contribution in [3.05, 3.63) is 53.1 Å². The third-order valence-electron chi connectivity index (χ3n) is 4.45. The van der Waals surface area contributed by atoms with E-state index in [0.717, 1.165) is 48.1 Å². The fraction of sp³-hybridized carbons (Fsp3) is 0.348. The summed E-state index contributed by atoms with van der Waals surface area (Å²) in [6, 6.07) is 13.9. The molecule has 2 aromatic carbocycles. The van der Waals surface area contributed by atoms with E-state index in [9.17, 15) is 4.79 Å². The summed E-state index contributed by atoms with van der Waals surface area (Å²) in [4.78, 5) is 32.5. The molecule has 0 saturated heterocycles. The number of ether oxygens (including phenoxy) is 1. The number of fused-ring (bicyclic) bond motifs is 1. The number of carbonyl (C=O) groups is 3. The SMILES string of the molecule is CC(C)(C)OC(=O)Nc1ccc2c(c1)NCCN2CCc1ccc(Cl)cc1.O=C(O)C(=O)O. The second-order valence-corrected chi connectivity index (χ2v) is 8.70. The summed E-state index contributed by atoms with van der Waals surface area (Å²) in [7, 11) is 0. The lowest BCUT2D eigenvalue weighted by molar-refractivity contribution is -0.159. The Morgan fingerprint density at radius 1 is 1.09 bits per heavy atom. The summed E-state index contributed by atoms with van der Waals surface area (Å²) in [5, 5.41) is 21.7. The minimum atomic E-state index is -1.82. The Hall–Kier alpha value is -3.46. The molecule has 1 heterocycles. The first-order valence-electron chi connectivity index (χ1n) is 10.3. The first kappa shape index (κ1) is 25.8. The minimum absolute atomic E-state index is 0.446. The van der Waals surface area contributed by atoms with Crippen LogP contribution in [0.3, 0.4) is 0 Å². The molecule has 1 aliphatic rings. The topological polar surface area (TPSA) is 128 Å². The molecule has 0 radical (unpaired) electrons. The third kappa shape index (κ3) is 8.89. The number of hydrogen-bond donors (Lipinski definition) is 4. The van der Waals surface area contributed by atoms with Gasteiger partial charge in [-0.2, -0.15) is 0 Å². The second-order valence-electron chi connectivity index (χ2n) is 8.26. The zero-order chi connectivity index (χ0) is 24.6. The van der Waals surface area contributed by atoms with Crippen molar-refractivity contribution < 1.29 is 29.3 Å². The first-order chi connectivity index (χ1) is 15.4. The van der Waals surface area contributed by atoms with Crippen LogP contribution in [0.25, 0.3) is 0 Å². The maximum atomic E-state index is 12.0. The number of benzene rings is 2. The van der Waals surface area contributed by atoms with Crippen LogP contribution in [-0.4, -0.2) is 53.5 Å². The molecule has 0 aromatic heterocycles. The molecule has 0 fully saturated rings. The van der Waals surface area contributed by atoms with E-state index in [4.69, 9.17) is 36.1 Å². The van der Waals surface area contributed by atoms with Crippen molar-refractivity contribution in [1.82, 2.24) is 0 Å². The average molecular weight is 478 g/mol. The lowest BCUT2D eigenvalue weighted by atomic mass is 10.1. The third-order valence-corrected chi connectivity index (χ3v) is 4.70. The molecule has 4 N–H and O–H groups in total. The molecule has 0 atom stereocenters. The quantitative estimate of drug-likeness (QED) is 0.479. The number of carboxylic acids is 2. The van der Waals surface area contributed by atoms with Crippen molar-refractivity contribution in [3.8, 4) is 0 Å². The number of amides is 1. The summed E-state index contributed by atoms with van der Waals surface area (Å²) in [6.07, 6.45) is 0.506. The maximum absolute atomic E-state index is 12.0. The number of nitrogens with zero attached hydrogens (tertiary/aromatic N) is 1. The molecule has 0 aliphatic carbocycles. The number of halogens is 1. The highest BCUT2D eigenvalue weighted by Gasteiger charge is 2.19. The first-order valence-corrected chi connectivity index (χ1v) is 10.7. The number of hydrogen-bond acceptors (Lipinski definition) is 6. The van der Waals surface area contributed by atoms with Gasteiger partial charge in [0.05, 0.1) is 11.4 Å². The van der Waals surface area contributed by atoms with Crippen molar-refractivity contribution in [2.24, 2.45) is 0 Å². The lowest BCUT2D eigenvalue weighted by Gasteiger charge is -2.32. The number of nitrogens with one attached hydrogen (secondary N) is 2. The molecule has 0 saturated carbocycles. The maximum Gasteiger partial charge on any atom is 0.414 e. The van der Waals surface area contributed by atoms with Gasteiger partial charge in [-0.3, -0.25) is 5.32 Å². The Bertz CT molecular complexity index is 977. The molecule has 0 bridgehead atoms. The normalized spacial score (nSPS) is 12.4. The standard InChI is InChI=1S/C21H26ClN3O2.C2H2O4/c1-21(2,3)27-20(26)24-17-8-9-19-18(14-17)23-11-13-25(19)12-10-15-4-6-16(22)7-5-15;3-1(4)2(5)6/h4-9,14,23H,10-13H2,1-3H3,(H,24,26);(H,3,4)(H,5,6). The van der Waals surface area contributed by atoms with Crippen molar-refractivity contribution in [1.29, 1.82) is 0 Å². The summed E-state index contributed by atoms with van der Waals surface area (Å²) in [5.74, 6) is -3.65. The number of carboxylic acid groups (broad SMARTS) is 2. The van der Waals surface area contributed by atoms with Gasteiger partial charge in [0.25, 0.3) is 0 Å². The van der Waals surface area contributed by atoms with Crippen molar-refractivity contribution >= 4 is 46.7 Å². The van der Waals surface area contributed by atoms with Crippen LogP contribution in [0.15, 0.2) is 42.5 Å². The van der Waals surface area contributed by atoms with Gasteiger partial charge in [0.2, 0.25) is 0 Å². The Balaban J connectivity index is 0.000000569. The van der Waals surface area contributed by atoms with E-state index < -0.39 is 23.6 Å². The summed E-state index contributed by atoms with van der Waals surface area (Å²) < 4.78 is 5.31. The Labute approximate surface area is 197 Å². The van der Waals surface area contributed by atoms with Crippen LogP contribution in [-0.2, 0) is 20.7 Å². The van der Waals surface area contributed by atoms with Crippen LogP contribution in [0.5, 0.6) is 0 Å². The smallest absolute Gasteiger partial charge is 0.414 e. The molecule has 10 heteroatoms. The molecule has 2 aromatic rings. The van der Waals surface area contributed by atoms with E-state index in [1.807, 2.05) is 51.1 Å². The van der Waals surface area contributed by atoms with Crippen molar-refractivity contribution in [2.75, 3.05) is 35.2 Å². The van der Waals surface area contributed by atoms with Crippen LogP contribution >= 0.6 is 11.6 Å². The summed E-state index contributed by atoms with van der Waals surface area (Å²) in [6.45, 7) is 8.27. The molecule has 3 rings (SSSR count). The van der Waals surface area contributed by atoms with Crippen LogP contribution < -0.4 is 15.5 Å². The second kappa shape index (κ2) is 11.4. The van der Waals surface area contributed by atoms with Crippen LogP contribution in [0.1, 0.15) is 26.3 Å². The predicted molar refractivity (Wildman–Crippen MR) is 127 cm³/mol. The molecule has 33 heavy (non-hydrogen) atoms. The number of anilines is 3.